The van der Waals surface area contributed by atoms with Gasteiger partial charge in [-0.3, -0.25) is 0 Å². The van der Waals surface area contributed by atoms with Gasteiger partial charge in [0.05, 0.1) is 6.21 Å². The number of nitrogens with one attached hydrogen (secondary N) is 1. The zero-order valence-electron chi connectivity index (χ0n) is 7.39. The second-order valence-electron chi connectivity index (χ2n) is 2.32. The topological polar surface area (TPSA) is 24.4 Å². The predicted molar refractivity (Wildman–Crippen MR) is 58.5 cm³/mol. The molecule has 0 aliphatic carbocycles. The third-order valence-electron chi connectivity index (χ3n) is 1.18. The van der Waals surface area contributed by atoms with E-state index in [1.54, 1.807) is 13.3 Å². The summed E-state index contributed by atoms with van der Waals surface area (Å²) in [7, 11) is 1.74. The minimum Gasteiger partial charge on any atom is -0.313 e. The van der Waals surface area contributed by atoms with Crippen LogP contribution in [0.4, 0.5) is 0 Å². The van der Waals surface area contributed by atoms with Crippen molar-refractivity contribution in [3.63, 3.8) is 0 Å². The van der Waals surface area contributed by atoms with Crippen LogP contribution >= 0.6 is 15.9 Å². The number of nitrogens with zero attached hydrogens (tertiary/aromatic N) is 1. The molecule has 0 aromatic carbocycles. The highest BCUT2D eigenvalue weighted by Crippen LogP contribution is 2.11. The summed E-state index contributed by atoms with van der Waals surface area (Å²) in [6.45, 7) is 9.49. The van der Waals surface area contributed by atoms with Crippen LogP contribution in [0.5, 0.6) is 0 Å². The van der Waals surface area contributed by atoms with Crippen LogP contribution in [0.25, 0.3) is 0 Å². The third kappa shape index (κ3) is 4.91. The van der Waals surface area contributed by atoms with Crippen LogP contribution in [0.2, 0.25) is 0 Å². The number of rotatable bonds is 4. The Labute approximate surface area is 81.9 Å². The molecule has 0 heterocycles. The molecule has 0 fully saturated rings. The lowest BCUT2D eigenvalue weighted by Gasteiger charge is -1.96. The third-order valence-corrected chi connectivity index (χ3v) is 1.61. The Morgan fingerprint density at radius 3 is 2.50 bits per heavy atom. The maximum absolute atomic E-state index is 3.82. The molecule has 0 saturated carbocycles. The minimum atomic E-state index is 0.866. The molecule has 0 bridgehead atoms. The van der Waals surface area contributed by atoms with Gasteiger partial charge in [-0.25, -0.2) is 0 Å². The van der Waals surface area contributed by atoms with Crippen LogP contribution in [0.1, 0.15) is 6.92 Å². The van der Waals surface area contributed by atoms with Crippen molar-refractivity contribution in [1.29, 1.82) is 0 Å². The van der Waals surface area contributed by atoms with Gasteiger partial charge in [0.25, 0.3) is 0 Å². The standard InChI is InChI=1S/C9H13BrN2/c1-7(2)8(3)5-9(10)6-12-11-4/h5-6,11H,1,3H2,2,4H3/b9-5+,12-6-. The maximum Gasteiger partial charge on any atom is 0.0610 e. The Morgan fingerprint density at radius 1 is 1.50 bits per heavy atom. The molecule has 0 unspecified atom stereocenters. The smallest absolute Gasteiger partial charge is 0.0610 e. The van der Waals surface area contributed by atoms with Crippen LogP contribution in [0.3, 0.4) is 0 Å². The minimum absolute atomic E-state index is 0.866. The Morgan fingerprint density at radius 2 is 2.08 bits per heavy atom. The summed E-state index contributed by atoms with van der Waals surface area (Å²) in [4.78, 5) is 0. The first kappa shape index (κ1) is 11.2. The van der Waals surface area contributed by atoms with Gasteiger partial charge >= 0.3 is 0 Å². The normalized spacial score (nSPS) is 11.8. The van der Waals surface area contributed by atoms with Crippen LogP contribution in [-0.2, 0) is 0 Å². The fraction of sp³-hybridized carbons (Fsp3) is 0.222. The lowest BCUT2D eigenvalue weighted by Crippen LogP contribution is -1.93. The van der Waals surface area contributed by atoms with Crippen molar-refractivity contribution in [3.05, 3.63) is 34.9 Å². The van der Waals surface area contributed by atoms with Crippen molar-refractivity contribution < 1.29 is 0 Å². The maximum atomic E-state index is 3.82. The molecule has 1 N–H and O–H groups in total. The van der Waals surface area contributed by atoms with Gasteiger partial charge in [-0.15, -0.1) is 0 Å². The zero-order chi connectivity index (χ0) is 9.56. The summed E-state index contributed by atoms with van der Waals surface area (Å²) in [6.07, 6.45) is 3.53. The quantitative estimate of drug-likeness (QED) is 0.447. The first-order valence-corrected chi connectivity index (χ1v) is 4.29. The van der Waals surface area contributed by atoms with Crippen molar-refractivity contribution in [2.75, 3.05) is 7.05 Å². The van der Waals surface area contributed by atoms with E-state index in [0.29, 0.717) is 0 Å². The summed E-state index contributed by atoms with van der Waals surface area (Å²) in [6, 6.07) is 0. The van der Waals surface area contributed by atoms with Gasteiger partial charge in [0.15, 0.2) is 0 Å². The monoisotopic (exact) mass is 228 g/mol. The molecule has 0 aliphatic heterocycles. The zero-order valence-corrected chi connectivity index (χ0v) is 8.98. The summed E-state index contributed by atoms with van der Waals surface area (Å²) in [5, 5.41) is 3.82. The Kier molecular flexibility index (Phi) is 5.37. The van der Waals surface area contributed by atoms with Crippen molar-refractivity contribution in [2.24, 2.45) is 5.10 Å². The van der Waals surface area contributed by atoms with Crippen LogP contribution in [-0.4, -0.2) is 13.3 Å². The molecule has 3 heteroatoms. The highest BCUT2D eigenvalue weighted by molar-refractivity contribution is 9.12. The van der Waals surface area contributed by atoms with Gasteiger partial charge in [0.1, 0.15) is 0 Å². The van der Waals surface area contributed by atoms with Crippen LogP contribution in [0.15, 0.2) is 40.0 Å². The van der Waals surface area contributed by atoms with Gasteiger partial charge in [0, 0.05) is 11.5 Å². The van der Waals surface area contributed by atoms with E-state index in [1.165, 1.54) is 0 Å². The van der Waals surface area contributed by atoms with E-state index in [1.807, 2.05) is 13.0 Å². The molecule has 2 nitrogen and oxygen atoms in total. The molecule has 0 aromatic rings. The van der Waals surface area contributed by atoms with Gasteiger partial charge in [-0.2, -0.15) is 5.10 Å². The van der Waals surface area contributed by atoms with Crippen molar-refractivity contribution in [2.45, 2.75) is 6.92 Å². The summed E-state index contributed by atoms with van der Waals surface area (Å²) >= 11 is 3.32. The average Bonchev–Trinajstić information content (AvgIpc) is 2.00. The molecule has 66 valence electrons. The number of halogens is 1. The molecule has 0 aromatic heterocycles. The molecule has 0 amide bonds. The summed E-state index contributed by atoms with van der Waals surface area (Å²) < 4.78 is 0.866. The largest absolute Gasteiger partial charge is 0.313 e. The molecular formula is C9H13BrN2. The molecule has 12 heavy (non-hydrogen) atoms. The molecule has 0 radical (unpaired) electrons. The average molecular weight is 229 g/mol. The molecular weight excluding hydrogens is 216 g/mol. The fourth-order valence-electron chi connectivity index (χ4n) is 0.453. The number of hydrazone groups is 1. The van der Waals surface area contributed by atoms with Crippen molar-refractivity contribution in [3.8, 4) is 0 Å². The van der Waals surface area contributed by atoms with E-state index in [4.69, 9.17) is 0 Å². The van der Waals surface area contributed by atoms with Gasteiger partial charge in [-0.05, 0) is 34.5 Å². The van der Waals surface area contributed by atoms with Gasteiger partial charge in [0.2, 0.25) is 0 Å². The van der Waals surface area contributed by atoms with Crippen LogP contribution < -0.4 is 5.43 Å². The Balaban J connectivity index is 4.26. The van der Waals surface area contributed by atoms with Crippen LogP contribution in [0, 0.1) is 0 Å². The summed E-state index contributed by atoms with van der Waals surface area (Å²) in [5.41, 5.74) is 4.49. The lowest BCUT2D eigenvalue weighted by atomic mass is 10.1. The molecule has 0 aliphatic rings. The summed E-state index contributed by atoms with van der Waals surface area (Å²) in [5.74, 6) is 0. The molecule has 0 saturated heterocycles. The SMILES string of the molecule is C=C(C)C(=C)/C=C(Br)\C=N/NC. The lowest BCUT2D eigenvalue weighted by molar-refractivity contribution is 0.908. The fourth-order valence-corrected chi connectivity index (χ4v) is 0.832. The van der Waals surface area contributed by atoms with E-state index >= 15 is 0 Å². The number of allylic oxidation sites excluding steroid dienone is 4. The van der Waals surface area contributed by atoms with Gasteiger partial charge in [-0.1, -0.05) is 18.7 Å². The second kappa shape index (κ2) is 5.77. The number of hydrogen-bond acceptors (Lipinski definition) is 2. The highest BCUT2D eigenvalue weighted by atomic mass is 79.9. The van der Waals surface area contributed by atoms with E-state index in [2.05, 4.69) is 39.6 Å². The predicted octanol–water partition coefficient (Wildman–Crippen LogP) is 2.60. The Bertz CT molecular complexity index is 239. The first-order valence-electron chi connectivity index (χ1n) is 3.49. The second-order valence-corrected chi connectivity index (χ2v) is 3.23. The highest BCUT2D eigenvalue weighted by Gasteiger charge is 1.90. The first-order chi connectivity index (χ1) is 5.57. The molecule has 0 rings (SSSR count). The van der Waals surface area contributed by atoms with Crippen molar-refractivity contribution in [1.82, 2.24) is 5.43 Å². The van der Waals surface area contributed by atoms with Gasteiger partial charge < -0.3 is 5.43 Å². The van der Waals surface area contributed by atoms with E-state index in [-0.39, 0.29) is 0 Å². The van der Waals surface area contributed by atoms with Crippen molar-refractivity contribution >= 4 is 22.1 Å². The Hall–Kier alpha value is -0.830. The molecule has 0 spiro atoms. The molecule has 0 atom stereocenters. The van der Waals surface area contributed by atoms with E-state index in [9.17, 15) is 0 Å². The van der Waals surface area contributed by atoms with E-state index < -0.39 is 0 Å². The number of hydrogen-bond donors (Lipinski definition) is 1. The van der Waals surface area contributed by atoms with E-state index in [0.717, 1.165) is 15.6 Å².